The SMILES string of the molecule is CN(C)CCNC(=O)[C@@]12C[C@H]1C=CCCCCC[C@H](NC(=O)OC(C)(C)C)C(=O)N1C[C@H](OC(=O)N3Cc4cccc(F)c4C3)C[C@H]1C(=O)N2. The molecule has 1 saturated heterocycles. The highest BCUT2D eigenvalue weighted by molar-refractivity contribution is 5.98. The largest absolute Gasteiger partial charge is 0.444 e. The van der Waals surface area contributed by atoms with Gasteiger partial charge in [0.05, 0.1) is 13.1 Å². The van der Waals surface area contributed by atoms with Crippen LogP contribution in [-0.4, -0.2) is 108 Å². The number of nitrogens with one attached hydrogen (secondary N) is 3. The van der Waals surface area contributed by atoms with Crippen LogP contribution in [-0.2, 0) is 36.9 Å². The molecular formula is C36H51FN6O7. The molecule has 5 atom stereocenters. The number of carbonyl (C=O) groups is 5. The maximum Gasteiger partial charge on any atom is 0.410 e. The van der Waals surface area contributed by atoms with Gasteiger partial charge in [0.15, 0.2) is 0 Å². The van der Waals surface area contributed by atoms with Crippen LogP contribution in [0.3, 0.4) is 0 Å². The van der Waals surface area contributed by atoms with Gasteiger partial charge in [0.1, 0.15) is 35.1 Å². The number of fused-ring (bicyclic) bond motifs is 3. The number of alkyl carbamates (subject to hydrolysis) is 1. The van der Waals surface area contributed by atoms with E-state index in [0.717, 1.165) is 19.3 Å². The molecule has 274 valence electrons. The van der Waals surface area contributed by atoms with Gasteiger partial charge < -0.3 is 35.2 Å². The number of likely N-dealkylation sites (N-methyl/N-ethyl adjacent to an activating group) is 1. The van der Waals surface area contributed by atoms with Crippen LogP contribution in [0.4, 0.5) is 14.0 Å². The first kappa shape index (κ1) is 37.1. The predicted octanol–water partition coefficient (Wildman–Crippen LogP) is 3.21. The number of hydrogen-bond acceptors (Lipinski definition) is 8. The first-order chi connectivity index (χ1) is 23.7. The molecule has 1 aromatic rings. The van der Waals surface area contributed by atoms with Crippen LogP contribution >= 0.6 is 0 Å². The summed E-state index contributed by atoms with van der Waals surface area (Å²) >= 11 is 0. The van der Waals surface area contributed by atoms with E-state index in [9.17, 15) is 28.4 Å². The monoisotopic (exact) mass is 698 g/mol. The summed E-state index contributed by atoms with van der Waals surface area (Å²) in [5, 5.41) is 8.66. The lowest BCUT2D eigenvalue weighted by atomic mass is 10.0. The molecule has 5 amide bonds. The zero-order valence-corrected chi connectivity index (χ0v) is 29.8. The molecule has 13 nitrogen and oxygen atoms in total. The van der Waals surface area contributed by atoms with E-state index in [2.05, 4.69) is 16.0 Å². The molecule has 0 radical (unpaired) electrons. The number of halogens is 1. The van der Waals surface area contributed by atoms with Crippen molar-refractivity contribution in [2.45, 2.75) is 108 Å². The number of nitrogens with zero attached hydrogens (tertiary/aromatic N) is 3. The minimum Gasteiger partial charge on any atom is -0.444 e. The normalized spacial score (nSPS) is 26.9. The quantitative estimate of drug-likeness (QED) is 0.384. The van der Waals surface area contributed by atoms with Gasteiger partial charge in [0.25, 0.3) is 0 Å². The van der Waals surface area contributed by atoms with Gasteiger partial charge in [-0.15, -0.1) is 0 Å². The van der Waals surface area contributed by atoms with Crippen LogP contribution < -0.4 is 16.0 Å². The average Bonchev–Trinajstić information content (AvgIpc) is 3.33. The van der Waals surface area contributed by atoms with Crippen LogP contribution in [0.15, 0.2) is 30.4 Å². The molecule has 1 saturated carbocycles. The smallest absolute Gasteiger partial charge is 0.410 e. The van der Waals surface area contributed by atoms with Crippen LogP contribution in [0.2, 0.25) is 0 Å². The first-order valence-electron chi connectivity index (χ1n) is 17.6. The van der Waals surface area contributed by atoms with Crippen molar-refractivity contribution in [3.05, 3.63) is 47.3 Å². The van der Waals surface area contributed by atoms with Crippen molar-refractivity contribution in [3.8, 4) is 0 Å². The van der Waals surface area contributed by atoms with E-state index < -0.39 is 59.1 Å². The molecule has 0 aromatic heterocycles. The Balaban J connectivity index is 1.38. The van der Waals surface area contributed by atoms with Gasteiger partial charge in [-0.05, 0) is 72.2 Å². The van der Waals surface area contributed by atoms with E-state index in [1.54, 1.807) is 32.9 Å². The topological polar surface area (TPSA) is 150 Å². The number of rotatable bonds is 6. The van der Waals surface area contributed by atoms with Crippen molar-refractivity contribution in [1.29, 1.82) is 0 Å². The Morgan fingerprint density at radius 1 is 1.12 bits per heavy atom. The van der Waals surface area contributed by atoms with Crippen molar-refractivity contribution in [1.82, 2.24) is 30.7 Å². The summed E-state index contributed by atoms with van der Waals surface area (Å²) in [5.41, 5.74) is -0.858. The molecule has 1 aromatic carbocycles. The number of allylic oxidation sites excluding steroid dienone is 1. The highest BCUT2D eigenvalue weighted by atomic mass is 19.1. The second-order valence-electron chi connectivity index (χ2n) is 15.1. The summed E-state index contributed by atoms with van der Waals surface area (Å²) in [5.74, 6) is -1.96. The van der Waals surface area contributed by atoms with Crippen LogP contribution in [0.1, 0.15) is 76.8 Å². The summed E-state index contributed by atoms with van der Waals surface area (Å²) < 4.78 is 25.7. The van der Waals surface area contributed by atoms with E-state index in [4.69, 9.17) is 9.47 Å². The van der Waals surface area contributed by atoms with Crippen LogP contribution in [0, 0.1) is 11.7 Å². The lowest BCUT2D eigenvalue weighted by Crippen LogP contribution is -2.58. The predicted molar refractivity (Wildman–Crippen MR) is 182 cm³/mol. The average molecular weight is 699 g/mol. The summed E-state index contributed by atoms with van der Waals surface area (Å²) in [6, 6.07) is 2.61. The second kappa shape index (κ2) is 15.4. The highest BCUT2D eigenvalue weighted by Crippen LogP contribution is 2.45. The molecule has 0 bridgehead atoms. The summed E-state index contributed by atoms with van der Waals surface area (Å²) in [6.45, 7) is 6.31. The van der Waals surface area contributed by atoms with Gasteiger partial charge in [-0.1, -0.05) is 37.1 Å². The van der Waals surface area contributed by atoms with Crippen LogP contribution in [0.5, 0.6) is 0 Å². The van der Waals surface area contributed by atoms with Crippen LogP contribution in [0.25, 0.3) is 0 Å². The molecular weight excluding hydrogens is 647 g/mol. The summed E-state index contributed by atoms with van der Waals surface area (Å²) in [6.07, 6.45) is 5.48. The van der Waals surface area contributed by atoms with Gasteiger partial charge in [0, 0.05) is 37.5 Å². The minimum absolute atomic E-state index is 0.0174. The molecule has 1 aliphatic carbocycles. The summed E-state index contributed by atoms with van der Waals surface area (Å²) in [7, 11) is 3.80. The number of amides is 5. The van der Waals surface area contributed by atoms with Crippen molar-refractivity contribution in [3.63, 3.8) is 0 Å². The fourth-order valence-corrected chi connectivity index (χ4v) is 6.89. The molecule has 2 fully saturated rings. The molecule has 50 heavy (non-hydrogen) atoms. The highest BCUT2D eigenvalue weighted by Gasteiger charge is 2.61. The van der Waals surface area contributed by atoms with E-state index in [1.165, 1.54) is 15.9 Å². The third kappa shape index (κ3) is 8.93. The Kier molecular flexibility index (Phi) is 11.4. The van der Waals surface area contributed by atoms with Crippen molar-refractivity contribution in [2.24, 2.45) is 5.92 Å². The van der Waals surface area contributed by atoms with Gasteiger partial charge in [-0.2, -0.15) is 0 Å². The molecule has 0 unspecified atom stereocenters. The summed E-state index contributed by atoms with van der Waals surface area (Å²) in [4.78, 5) is 72.9. The van der Waals surface area contributed by atoms with Gasteiger partial charge in [-0.25, -0.2) is 14.0 Å². The van der Waals surface area contributed by atoms with Gasteiger partial charge in [0.2, 0.25) is 17.7 Å². The fraction of sp³-hybridized carbons (Fsp3) is 0.639. The Labute approximate surface area is 293 Å². The molecule has 5 rings (SSSR count). The molecule has 3 heterocycles. The number of benzene rings is 1. The molecule has 0 spiro atoms. The maximum atomic E-state index is 14.4. The Hall–Kier alpha value is -4.20. The zero-order valence-electron chi connectivity index (χ0n) is 29.8. The Morgan fingerprint density at radius 3 is 2.62 bits per heavy atom. The number of carbonyl (C=O) groups excluding carboxylic acids is 5. The Morgan fingerprint density at radius 2 is 1.90 bits per heavy atom. The standard InChI is InChI=1S/C36H51FN6O7/c1-35(2,3)50-33(47)39-28-15-10-8-6-7-9-13-24-19-36(24,32(46)38-16-17-41(4)5)40-30(44)29-18-25(21-43(29)31(28)45)49-34(48)42-20-23-12-11-14-27(37)26(23)22-42/h9,11-14,24-25,28-29H,6-8,10,15-22H2,1-5H3,(H,38,46)(H,39,47)(H,40,44)/t24-,25-,28+,29+,36-/m1/s1. The fourth-order valence-electron chi connectivity index (χ4n) is 6.89. The second-order valence-corrected chi connectivity index (χ2v) is 15.1. The number of ether oxygens (including phenoxy) is 2. The lowest BCUT2D eigenvalue weighted by molar-refractivity contribution is -0.141. The maximum absolute atomic E-state index is 14.4. The number of hydrogen-bond donors (Lipinski definition) is 3. The van der Waals surface area contributed by atoms with Gasteiger partial charge in [-0.3, -0.25) is 19.3 Å². The van der Waals surface area contributed by atoms with E-state index >= 15 is 0 Å². The van der Waals surface area contributed by atoms with Crippen molar-refractivity contribution < 1.29 is 37.8 Å². The van der Waals surface area contributed by atoms with Crippen molar-refractivity contribution in [2.75, 3.05) is 33.7 Å². The lowest BCUT2D eigenvalue weighted by Gasteiger charge is -2.30. The van der Waals surface area contributed by atoms with Crippen molar-refractivity contribution >= 4 is 29.9 Å². The Bertz CT molecular complexity index is 1500. The zero-order chi connectivity index (χ0) is 36.2. The first-order valence-corrected chi connectivity index (χ1v) is 17.6. The molecule has 3 N–H and O–H groups in total. The van der Waals surface area contributed by atoms with Gasteiger partial charge >= 0.3 is 12.2 Å². The van der Waals surface area contributed by atoms with E-state index in [0.29, 0.717) is 43.5 Å². The third-order valence-electron chi connectivity index (χ3n) is 9.63. The molecule has 4 aliphatic rings. The minimum atomic E-state index is -1.18. The molecule has 3 aliphatic heterocycles. The molecule has 14 heteroatoms. The van der Waals surface area contributed by atoms with E-state index in [1.807, 2.05) is 31.1 Å². The third-order valence-corrected chi connectivity index (χ3v) is 9.63. The van der Waals surface area contributed by atoms with E-state index in [-0.39, 0.29) is 37.9 Å².